The van der Waals surface area contributed by atoms with Crippen LogP contribution in [0.4, 0.5) is 4.39 Å². The lowest BCUT2D eigenvalue weighted by Crippen LogP contribution is -2.43. The largest absolute Gasteiger partial charge is 0.494 e. The fourth-order valence-electron chi connectivity index (χ4n) is 3.55. The maximum atomic E-state index is 13.2. The fourth-order valence-corrected chi connectivity index (χ4v) is 5.02. The van der Waals surface area contributed by atoms with Gasteiger partial charge in [0.05, 0.1) is 11.5 Å². The third-order valence-electron chi connectivity index (χ3n) is 5.20. The van der Waals surface area contributed by atoms with Crippen LogP contribution in [0, 0.1) is 11.7 Å². The molecule has 0 unspecified atom stereocenters. The lowest BCUT2D eigenvalue weighted by Gasteiger charge is -2.30. The van der Waals surface area contributed by atoms with E-state index in [1.165, 1.54) is 16.4 Å². The minimum absolute atomic E-state index is 0.0791. The molecule has 1 aliphatic rings. The highest BCUT2D eigenvalue weighted by Crippen LogP contribution is 2.25. The van der Waals surface area contributed by atoms with Crippen molar-refractivity contribution in [2.45, 2.75) is 31.1 Å². The number of nitrogens with zero attached hydrogens (tertiary/aromatic N) is 1. The van der Waals surface area contributed by atoms with Crippen LogP contribution in [0.15, 0.2) is 53.4 Å². The molecule has 0 aromatic heterocycles. The number of piperidine rings is 1. The summed E-state index contributed by atoms with van der Waals surface area (Å²) in [5.41, 5.74) is 0.826. The van der Waals surface area contributed by atoms with Crippen molar-refractivity contribution in [2.75, 3.05) is 26.2 Å². The second-order valence-corrected chi connectivity index (χ2v) is 9.19. The van der Waals surface area contributed by atoms with Crippen LogP contribution in [0.1, 0.15) is 25.3 Å². The van der Waals surface area contributed by atoms with Gasteiger partial charge < -0.3 is 10.1 Å². The van der Waals surface area contributed by atoms with Crippen molar-refractivity contribution < 1.29 is 22.3 Å². The van der Waals surface area contributed by atoms with Gasteiger partial charge in [-0.15, -0.1) is 0 Å². The molecule has 162 valence electrons. The summed E-state index contributed by atoms with van der Waals surface area (Å²) in [6, 6.07) is 12.7. The topological polar surface area (TPSA) is 75.7 Å². The zero-order valence-corrected chi connectivity index (χ0v) is 17.8. The summed E-state index contributed by atoms with van der Waals surface area (Å²) in [6.45, 7) is 3.42. The number of nitrogens with one attached hydrogen (secondary N) is 1. The van der Waals surface area contributed by atoms with E-state index >= 15 is 0 Å². The number of carbonyl (C=O) groups excluding carboxylic acids is 1. The van der Waals surface area contributed by atoms with Gasteiger partial charge in [-0.25, -0.2) is 12.8 Å². The van der Waals surface area contributed by atoms with E-state index in [9.17, 15) is 17.6 Å². The maximum Gasteiger partial charge on any atom is 0.243 e. The zero-order chi connectivity index (χ0) is 21.6. The normalized spacial score (nSPS) is 15.7. The average Bonchev–Trinajstić information content (AvgIpc) is 2.74. The van der Waals surface area contributed by atoms with Gasteiger partial charge in [-0.3, -0.25) is 4.79 Å². The van der Waals surface area contributed by atoms with E-state index in [2.05, 4.69) is 5.32 Å². The first-order valence-electron chi connectivity index (χ1n) is 10.2. The summed E-state index contributed by atoms with van der Waals surface area (Å²) in [5, 5.41) is 2.88. The maximum absolute atomic E-state index is 13.2. The van der Waals surface area contributed by atoms with Crippen LogP contribution in [-0.2, 0) is 21.2 Å². The number of halogens is 1. The van der Waals surface area contributed by atoms with Gasteiger partial charge in [0.1, 0.15) is 11.6 Å². The van der Waals surface area contributed by atoms with Gasteiger partial charge in [0, 0.05) is 25.6 Å². The molecule has 0 bridgehead atoms. The Bertz CT molecular complexity index is 955. The van der Waals surface area contributed by atoms with Gasteiger partial charge in [0.2, 0.25) is 15.9 Å². The summed E-state index contributed by atoms with van der Waals surface area (Å²) in [5.74, 6) is 0.0406. The van der Waals surface area contributed by atoms with Crippen molar-refractivity contribution in [1.29, 1.82) is 0 Å². The van der Waals surface area contributed by atoms with E-state index < -0.39 is 10.0 Å². The van der Waals surface area contributed by atoms with Crippen molar-refractivity contribution >= 4 is 15.9 Å². The molecule has 1 amide bonds. The lowest BCUT2D eigenvalue weighted by molar-refractivity contribution is -0.126. The molecule has 1 aliphatic heterocycles. The first-order chi connectivity index (χ1) is 14.4. The third kappa shape index (κ3) is 5.58. The molecule has 1 fully saturated rings. The molecule has 30 heavy (non-hydrogen) atoms. The second-order valence-electron chi connectivity index (χ2n) is 7.25. The monoisotopic (exact) mass is 434 g/mol. The molecular formula is C22H27FN2O4S. The van der Waals surface area contributed by atoms with Gasteiger partial charge >= 0.3 is 0 Å². The van der Waals surface area contributed by atoms with Crippen molar-refractivity contribution in [3.63, 3.8) is 0 Å². The quantitative estimate of drug-likeness (QED) is 0.693. The first-order valence-corrected chi connectivity index (χ1v) is 11.6. The van der Waals surface area contributed by atoms with Gasteiger partial charge in [-0.05, 0) is 68.1 Å². The summed E-state index contributed by atoms with van der Waals surface area (Å²) in [4.78, 5) is 12.6. The molecule has 2 aromatic carbocycles. The van der Waals surface area contributed by atoms with Crippen LogP contribution in [0.3, 0.4) is 0 Å². The number of amides is 1. The van der Waals surface area contributed by atoms with Crippen LogP contribution < -0.4 is 10.1 Å². The molecule has 3 rings (SSSR count). The standard InChI is InChI=1S/C22H27FN2O4S/c1-2-29-20-6-8-21(9-7-20)30(27,28)25-14-11-18(12-15-25)22(26)24-13-10-17-4-3-5-19(23)16-17/h3-9,16,18H,2,10-15H2,1H3,(H,24,26). The van der Waals surface area contributed by atoms with Crippen molar-refractivity contribution in [1.82, 2.24) is 9.62 Å². The van der Waals surface area contributed by atoms with Crippen LogP contribution in [-0.4, -0.2) is 44.9 Å². The Morgan fingerprint density at radius 3 is 2.50 bits per heavy atom. The number of carbonyl (C=O) groups is 1. The molecule has 1 saturated heterocycles. The van der Waals surface area contributed by atoms with Crippen LogP contribution in [0.25, 0.3) is 0 Å². The van der Waals surface area contributed by atoms with Crippen molar-refractivity contribution in [3.8, 4) is 5.75 Å². The van der Waals surface area contributed by atoms with Gasteiger partial charge in [-0.1, -0.05) is 12.1 Å². The number of benzene rings is 2. The van der Waals surface area contributed by atoms with Crippen LogP contribution >= 0.6 is 0 Å². The Balaban J connectivity index is 1.49. The summed E-state index contributed by atoms with van der Waals surface area (Å²) >= 11 is 0. The molecule has 1 N–H and O–H groups in total. The predicted molar refractivity (Wildman–Crippen MR) is 112 cm³/mol. The number of hydrogen-bond acceptors (Lipinski definition) is 4. The molecule has 1 heterocycles. The number of rotatable bonds is 8. The first kappa shape index (κ1) is 22.2. The highest BCUT2D eigenvalue weighted by atomic mass is 32.2. The minimum atomic E-state index is -3.59. The van der Waals surface area contributed by atoms with Crippen molar-refractivity contribution in [3.05, 3.63) is 59.9 Å². The second kappa shape index (κ2) is 10.0. The molecule has 6 nitrogen and oxygen atoms in total. The molecule has 2 aromatic rings. The number of sulfonamides is 1. The smallest absolute Gasteiger partial charge is 0.243 e. The summed E-state index contributed by atoms with van der Waals surface area (Å²) in [6.07, 6.45) is 1.50. The Hall–Kier alpha value is -2.45. The van der Waals surface area contributed by atoms with Gasteiger partial charge in [0.15, 0.2) is 0 Å². The number of ether oxygens (including phenoxy) is 1. The predicted octanol–water partition coefficient (Wildman–Crippen LogP) is 2.98. The van der Waals surface area contributed by atoms with Gasteiger partial charge in [0.25, 0.3) is 0 Å². The molecular weight excluding hydrogens is 407 g/mol. The summed E-state index contributed by atoms with van der Waals surface area (Å²) < 4.78 is 45.7. The molecule has 0 spiro atoms. The van der Waals surface area contributed by atoms with E-state index in [0.717, 1.165) is 5.56 Å². The molecule has 0 aliphatic carbocycles. The minimum Gasteiger partial charge on any atom is -0.494 e. The molecule has 8 heteroatoms. The SMILES string of the molecule is CCOc1ccc(S(=O)(=O)N2CCC(C(=O)NCCc3cccc(F)c3)CC2)cc1. The van der Waals surface area contributed by atoms with Crippen molar-refractivity contribution in [2.24, 2.45) is 5.92 Å². The molecule has 0 radical (unpaired) electrons. The van der Waals surface area contributed by atoms with E-state index in [1.54, 1.807) is 30.3 Å². The van der Waals surface area contributed by atoms with E-state index in [-0.39, 0.29) is 22.5 Å². The Morgan fingerprint density at radius 1 is 1.17 bits per heavy atom. The zero-order valence-electron chi connectivity index (χ0n) is 17.0. The highest BCUT2D eigenvalue weighted by Gasteiger charge is 2.32. The Kier molecular flexibility index (Phi) is 7.44. The molecule has 0 saturated carbocycles. The number of hydrogen-bond donors (Lipinski definition) is 1. The summed E-state index contributed by atoms with van der Waals surface area (Å²) in [7, 11) is -3.59. The average molecular weight is 435 g/mol. The highest BCUT2D eigenvalue weighted by molar-refractivity contribution is 7.89. The third-order valence-corrected chi connectivity index (χ3v) is 7.11. The van der Waals surface area contributed by atoms with E-state index in [4.69, 9.17) is 4.74 Å². The van der Waals surface area contributed by atoms with Crippen LogP contribution in [0.2, 0.25) is 0 Å². The Morgan fingerprint density at radius 2 is 1.87 bits per heavy atom. The van der Waals surface area contributed by atoms with E-state index in [0.29, 0.717) is 51.3 Å². The molecule has 0 atom stereocenters. The van der Waals surface area contributed by atoms with Crippen LogP contribution in [0.5, 0.6) is 5.75 Å². The fraction of sp³-hybridized carbons (Fsp3) is 0.409. The van der Waals surface area contributed by atoms with E-state index in [1.807, 2.05) is 13.0 Å². The Labute approximate surface area is 177 Å². The van der Waals surface area contributed by atoms with Gasteiger partial charge in [-0.2, -0.15) is 4.31 Å². The lowest BCUT2D eigenvalue weighted by atomic mass is 9.97.